The second-order valence-electron chi connectivity index (χ2n) is 11.3. The third-order valence-corrected chi connectivity index (χ3v) is 8.51. The van der Waals surface area contributed by atoms with E-state index in [1.165, 1.54) is 16.5 Å². The molecule has 210 valence electrons. The topological polar surface area (TPSA) is 51.8 Å². The molecule has 0 unspecified atom stereocenters. The highest BCUT2D eigenvalue weighted by Crippen LogP contribution is 2.35. The molecule has 4 heteroatoms. The molecule has 9 rings (SSSR count). The third-order valence-electron chi connectivity index (χ3n) is 8.51. The number of para-hydroxylation sites is 1. The van der Waals surface area contributed by atoms with Crippen LogP contribution in [0.1, 0.15) is 0 Å². The molecule has 0 bridgehead atoms. The highest BCUT2D eigenvalue weighted by atomic mass is 16.3. The van der Waals surface area contributed by atoms with Gasteiger partial charge in [0.2, 0.25) is 0 Å². The van der Waals surface area contributed by atoms with Crippen molar-refractivity contribution in [1.82, 2.24) is 15.0 Å². The first-order valence-corrected chi connectivity index (χ1v) is 15.0. The number of nitrogens with zero attached hydrogens (tertiary/aromatic N) is 3. The lowest BCUT2D eigenvalue weighted by Gasteiger charge is -2.12. The zero-order valence-corrected chi connectivity index (χ0v) is 24.2. The SMILES string of the molecule is c1ccc(-c2ccc3c(-c4nc(-c5ccc6ccccc6c5)nc(-c5ccc6c(c5)oc5ccccc56)n4)cccc3c2)cc1. The fourth-order valence-electron chi connectivity index (χ4n) is 6.24. The summed E-state index contributed by atoms with van der Waals surface area (Å²) >= 11 is 0. The maximum absolute atomic E-state index is 6.23. The van der Waals surface area contributed by atoms with E-state index < -0.39 is 0 Å². The van der Waals surface area contributed by atoms with Crippen LogP contribution in [0.25, 0.3) is 88.8 Å². The van der Waals surface area contributed by atoms with Crippen LogP contribution in [-0.4, -0.2) is 15.0 Å². The lowest BCUT2D eigenvalue weighted by atomic mass is 9.98. The Morgan fingerprint density at radius 1 is 0.333 bits per heavy atom. The van der Waals surface area contributed by atoms with Crippen LogP contribution in [0.4, 0.5) is 0 Å². The molecule has 0 fully saturated rings. The molecule has 0 aliphatic rings. The lowest BCUT2D eigenvalue weighted by molar-refractivity contribution is 0.669. The van der Waals surface area contributed by atoms with Crippen LogP contribution in [-0.2, 0) is 0 Å². The normalized spacial score (nSPS) is 11.6. The van der Waals surface area contributed by atoms with Crippen LogP contribution >= 0.6 is 0 Å². The maximum atomic E-state index is 6.23. The molecular weight excluding hydrogens is 550 g/mol. The molecule has 0 N–H and O–H groups in total. The van der Waals surface area contributed by atoms with Crippen molar-refractivity contribution in [2.45, 2.75) is 0 Å². The molecule has 0 saturated heterocycles. The summed E-state index contributed by atoms with van der Waals surface area (Å²) in [5.41, 5.74) is 6.81. The summed E-state index contributed by atoms with van der Waals surface area (Å²) < 4.78 is 6.23. The Hall–Kier alpha value is -6.13. The number of hydrogen-bond acceptors (Lipinski definition) is 4. The predicted octanol–water partition coefficient (Wildman–Crippen LogP) is 10.7. The van der Waals surface area contributed by atoms with Gasteiger partial charge in [0.1, 0.15) is 11.2 Å². The Morgan fingerprint density at radius 3 is 1.84 bits per heavy atom. The number of hydrogen-bond donors (Lipinski definition) is 0. The first-order valence-electron chi connectivity index (χ1n) is 15.0. The van der Waals surface area contributed by atoms with Gasteiger partial charge in [-0.1, -0.05) is 121 Å². The smallest absolute Gasteiger partial charge is 0.164 e. The predicted molar refractivity (Wildman–Crippen MR) is 184 cm³/mol. The monoisotopic (exact) mass is 575 g/mol. The van der Waals surface area contributed by atoms with Gasteiger partial charge in [-0.3, -0.25) is 0 Å². The molecule has 0 radical (unpaired) electrons. The first-order chi connectivity index (χ1) is 22.3. The molecule has 0 spiro atoms. The van der Waals surface area contributed by atoms with E-state index in [9.17, 15) is 0 Å². The second-order valence-corrected chi connectivity index (χ2v) is 11.3. The van der Waals surface area contributed by atoms with Gasteiger partial charge < -0.3 is 4.42 Å². The summed E-state index contributed by atoms with van der Waals surface area (Å²) in [5.74, 6) is 1.86. The lowest BCUT2D eigenvalue weighted by Crippen LogP contribution is -2.00. The standard InChI is InChI=1S/C41H25N3O/c1-2-9-26(10-3-1)29-19-21-33-30(23-29)13-8-15-36(33)41-43-39(31-18-17-27-11-4-5-12-28(27)24-31)42-40(44-41)32-20-22-35-34-14-6-7-16-37(34)45-38(35)25-32/h1-25H. The molecule has 0 aliphatic carbocycles. The molecule has 2 heterocycles. The van der Waals surface area contributed by atoms with Gasteiger partial charge in [0.25, 0.3) is 0 Å². The second kappa shape index (κ2) is 10.2. The summed E-state index contributed by atoms with van der Waals surface area (Å²) in [7, 11) is 0. The van der Waals surface area contributed by atoms with Gasteiger partial charge in [-0.15, -0.1) is 0 Å². The number of aromatic nitrogens is 3. The molecule has 7 aromatic carbocycles. The van der Waals surface area contributed by atoms with E-state index in [4.69, 9.17) is 19.4 Å². The van der Waals surface area contributed by atoms with Gasteiger partial charge in [0.05, 0.1) is 0 Å². The van der Waals surface area contributed by atoms with E-state index >= 15 is 0 Å². The molecule has 2 aromatic heterocycles. The Morgan fingerprint density at radius 2 is 0.956 bits per heavy atom. The largest absolute Gasteiger partial charge is 0.456 e. The van der Waals surface area contributed by atoms with Crippen molar-refractivity contribution in [1.29, 1.82) is 0 Å². The zero-order valence-electron chi connectivity index (χ0n) is 24.2. The summed E-state index contributed by atoms with van der Waals surface area (Å²) in [6.45, 7) is 0. The van der Waals surface area contributed by atoms with Crippen molar-refractivity contribution in [3.05, 3.63) is 152 Å². The minimum absolute atomic E-state index is 0.600. The zero-order chi connectivity index (χ0) is 29.7. The van der Waals surface area contributed by atoms with E-state index in [1.807, 2.05) is 30.3 Å². The summed E-state index contributed by atoms with van der Waals surface area (Å²) in [5, 5.41) is 6.70. The van der Waals surface area contributed by atoms with E-state index in [0.29, 0.717) is 17.5 Å². The van der Waals surface area contributed by atoms with Crippen molar-refractivity contribution in [3.8, 4) is 45.3 Å². The van der Waals surface area contributed by atoms with Gasteiger partial charge in [-0.05, 0) is 63.0 Å². The number of rotatable bonds is 4. The molecule has 0 saturated carbocycles. The quantitative estimate of drug-likeness (QED) is 0.209. The van der Waals surface area contributed by atoms with Crippen molar-refractivity contribution in [2.75, 3.05) is 0 Å². The average molecular weight is 576 g/mol. The van der Waals surface area contributed by atoms with Gasteiger partial charge in [0, 0.05) is 27.5 Å². The Labute approximate surface area is 259 Å². The van der Waals surface area contributed by atoms with Gasteiger partial charge in [0.15, 0.2) is 17.5 Å². The fourth-order valence-corrected chi connectivity index (χ4v) is 6.24. The summed E-state index contributed by atoms with van der Waals surface area (Å²) in [4.78, 5) is 15.2. The molecule has 4 nitrogen and oxygen atoms in total. The van der Waals surface area contributed by atoms with E-state index in [0.717, 1.165) is 54.8 Å². The molecule has 0 aliphatic heterocycles. The van der Waals surface area contributed by atoms with Gasteiger partial charge in [-0.2, -0.15) is 0 Å². The molecule has 45 heavy (non-hydrogen) atoms. The average Bonchev–Trinajstić information content (AvgIpc) is 3.49. The Bertz CT molecular complexity index is 2550. The van der Waals surface area contributed by atoms with Crippen LogP contribution < -0.4 is 0 Å². The summed E-state index contributed by atoms with van der Waals surface area (Å²) in [6, 6.07) is 52.4. The van der Waals surface area contributed by atoms with E-state index in [1.54, 1.807) is 0 Å². The van der Waals surface area contributed by atoms with Crippen LogP contribution in [0.3, 0.4) is 0 Å². The third kappa shape index (κ3) is 4.43. The van der Waals surface area contributed by atoms with Crippen LogP contribution in [0, 0.1) is 0 Å². The molecule has 9 aromatic rings. The minimum Gasteiger partial charge on any atom is -0.456 e. The van der Waals surface area contributed by atoms with Crippen LogP contribution in [0.5, 0.6) is 0 Å². The highest BCUT2D eigenvalue weighted by molar-refractivity contribution is 6.06. The molecular formula is C41H25N3O. The molecule has 0 amide bonds. The van der Waals surface area contributed by atoms with Crippen molar-refractivity contribution in [2.24, 2.45) is 0 Å². The van der Waals surface area contributed by atoms with Gasteiger partial charge in [-0.25, -0.2) is 15.0 Å². The van der Waals surface area contributed by atoms with Crippen molar-refractivity contribution in [3.63, 3.8) is 0 Å². The number of fused-ring (bicyclic) bond motifs is 5. The Balaban J connectivity index is 1.25. The number of furan rings is 1. The fraction of sp³-hybridized carbons (Fsp3) is 0. The number of benzene rings is 7. The molecule has 0 atom stereocenters. The van der Waals surface area contributed by atoms with Crippen molar-refractivity contribution < 1.29 is 4.42 Å². The Kier molecular flexibility index (Phi) is 5.78. The maximum Gasteiger partial charge on any atom is 0.164 e. The highest BCUT2D eigenvalue weighted by Gasteiger charge is 2.16. The van der Waals surface area contributed by atoms with Gasteiger partial charge >= 0.3 is 0 Å². The minimum atomic E-state index is 0.600. The first kappa shape index (κ1) is 25.4. The van der Waals surface area contributed by atoms with Crippen LogP contribution in [0.2, 0.25) is 0 Å². The van der Waals surface area contributed by atoms with E-state index in [-0.39, 0.29) is 0 Å². The van der Waals surface area contributed by atoms with Crippen molar-refractivity contribution >= 4 is 43.5 Å². The summed E-state index contributed by atoms with van der Waals surface area (Å²) in [6.07, 6.45) is 0. The van der Waals surface area contributed by atoms with Crippen LogP contribution in [0.15, 0.2) is 156 Å². The van der Waals surface area contributed by atoms with E-state index in [2.05, 4.69) is 121 Å².